The maximum absolute atomic E-state index is 10.9. The van der Waals surface area contributed by atoms with E-state index in [0.29, 0.717) is 22.8 Å². The van der Waals surface area contributed by atoms with E-state index in [-0.39, 0.29) is 11.4 Å². The van der Waals surface area contributed by atoms with E-state index in [9.17, 15) is 10.1 Å². The van der Waals surface area contributed by atoms with E-state index in [2.05, 4.69) is 17.6 Å². The number of hydrogen-bond donors (Lipinski definition) is 3. The Morgan fingerprint density at radius 1 is 1.43 bits per heavy atom. The summed E-state index contributed by atoms with van der Waals surface area (Å²) in [4.78, 5) is 10.4. The van der Waals surface area contributed by atoms with Gasteiger partial charge in [-0.2, -0.15) is 0 Å². The largest absolute Gasteiger partial charge is 0.393 e. The molecule has 1 aliphatic rings. The number of nitro groups is 1. The molecule has 0 heterocycles. The molecule has 0 amide bonds. The van der Waals surface area contributed by atoms with Crippen LogP contribution in [0, 0.1) is 16.0 Å². The van der Waals surface area contributed by atoms with Crippen LogP contribution in [-0.4, -0.2) is 16.1 Å². The Bertz CT molecular complexity index is 550. The Kier molecular flexibility index (Phi) is 4.95. The zero-order chi connectivity index (χ0) is 15.4. The average molecular weight is 308 g/mol. The smallest absolute Gasteiger partial charge is 0.294 e. The molecule has 0 unspecified atom stereocenters. The van der Waals surface area contributed by atoms with Gasteiger partial charge in [-0.05, 0) is 43.1 Å². The summed E-state index contributed by atoms with van der Waals surface area (Å²) >= 11 is 5.29. The predicted octanol–water partition coefficient (Wildman–Crippen LogP) is 3.04. The molecule has 1 aromatic carbocycles. The Balaban J connectivity index is 1.99. The van der Waals surface area contributed by atoms with Crippen LogP contribution in [-0.2, 0) is 0 Å². The van der Waals surface area contributed by atoms with Crippen LogP contribution in [0.4, 0.5) is 17.1 Å². The Labute approximate surface area is 129 Å². The molecule has 0 aliphatic heterocycles. The molecule has 0 radical (unpaired) electrons. The van der Waals surface area contributed by atoms with Crippen molar-refractivity contribution in [3.8, 4) is 0 Å². The summed E-state index contributed by atoms with van der Waals surface area (Å²) in [6.45, 7) is 2.22. The van der Waals surface area contributed by atoms with Crippen molar-refractivity contribution in [2.24, 2.45) is 5.92 Å². The minimum absolute atomic E-state index is 0.117. The van der Waals surface area contributed by atoms with E-state index in [1.54, 1.807) is 6.07 Å². The van der Waals surface area contributed by atoms with Gasteiger partial charge in [0, 0.05) is 17.8 Å². The second kappa shape index (κ2) is 6.71. The van der Waals surface area contributed by atoms with Crippen LogP contribution in [0.3, 0.4) is 0 Å². The predicted molar refractivity (Wildman–Crippen MR) is 88.3 cm³/mol. The molecule has 0 saturated heterocycles. The van der Waals surface area contributed by atoms with Gasteiger partial charge in [-0.15, -0.1) is 0 Å². The first-order valence-electron chi connectivity index (χ1n) is 7.09. The molecular weight excluding hydrogens is 288 g/mol. The summed E-state index contributed by atoms with van der Waals surface area (Å²) in [5.74, 6) is 0.583. The SMILES string of the molecule is C[C@H]1CCCC[C@@H]1NC(=S)Nc1ccc(N)c([N+](=O)[O-])c1. The molecule has 1 aliphatic carbocycles. The van der Waals surface area contributed by atoms with E-state index >= 15 is 0 Å². The van der Waals surface area contributed by atoms with Crippen molar-refractivity contribution in [1.29, 1.82) is 0 Å². The van der Waals surface area contributed by atoms with Gasteiger partial charge in [0.05, 0.1) is 4.92 Å². The van der Waals surface area contributed by atoms with Crippen molar-refractivity contribution < 1.29 is 4.92 Å². The van der Waals surface area contributed by atoms with E-state index in [4.69, 9.17) is 18.0 Å². The third-order valence-electron chi connectivity index (χ3n) is 3.91. The fourth-order valence-corrected chi connectivity index (χ4v) is 2.92. The van der Waals surface area contributed by atoms with Crippen LogP contribution in [0.5, 0.6) is 0 Å². The number of hydrogen-bond acceptors (Lipinski definition) is 4. The molecular formula is C14H20N4O2S. The van der Waals surface area contributed by atoms with Crippen molar-refractivity contribution in [2.45, 2.75) is 38.6 Å². The number of nitrogens with two attached hydrogens (primary N) is 1. The monoisotopic (exact) mass is 308 g/mol. The molecule has 0 spiro atoms. The van der Waals surface area contributed by atoms with Gasteiger partial charge in [0.1, 0.15) is 5.69 Å². The lowest BCUT2D eigenvalue weighted by molar-refractivity contribution is -0.383. The summed E-state index contributed by atoms with van der Waals surface area (Å²) < 4.78 is 0. The average Bonchev–Trinajstić information content (AvgIpc) is 2.43. The number of benzene rings is 1. The number of nitrogens with zero attached hydrogens (tertiary/aromatic N) is 1. The summed E-state index contributed by atoms with van der Waals surface area (Å²) in [6.07, 6.45) is 4.78. The third kappa shape index (κ3) is 4.04. The standard InChI is InChI=1S/C14H20N4O2S/c1-9-4-2-3-5-12(9)17-14(21)16-10-6-7-11(15)13(8-10)18(19)20/h6-9,12H,2-5,15H2,1H3,(H2,16,17,21)/t9-,12-/m0/s1. The van der Waals surface area contributed by atoms with Gasteiger partial charge in [0.15, 0.2) is 5.11 Å². The van der Waals surface area contributed by atoms with Gasteiger partial charge in [-0.3, -0.25) is 10.1 Å². The molecule has 4 N–H and O–H groups in total. The van der Waals surface area contributed by atoms with E-state index < -0.39 is 4.92 Å². The Morgan fingerprint density at radius 2 is 2.14 bits per heavy atom. The van der Waals surface area contributed by atoms with Crippen molar-refractivity contribution in [3.05, 3.63) is 28.3 Å². The summed E-state index contributed by atoms with van der Waals surface area (Å²) in [5, 5.41) is 17.7. The number of nitrogens with one attached hydrogen (secondary N) is 2. The highest BCUT2D eigenvalue weighted by atomic mass is 32.1. The van der Waals surface area contributed by atoms with Gasteiger partial charge >= 0.3 is 0 Å². The van der Waals surface area contributed by atoms with Crippen LogP contribution in [0.25, 0.3) is 0 Å². The minimum Gasteiger partial charge on any atom is -0.393 e. The number of rotatable bonds is 3. The van der Waals surface area contributed by atoms with E-state index in [1.807, 2.05) is 0 Å². The topological polar surface area (TPSA) is 93.2 Å². The number of nitrogen functional groups attached to an aromatic ring is 1. The zero-order valence-electron chi connectivity index (χ0n) is 12.0. The molecule has 1 saturated carbocycles. The summed E-state index contributed by atoms with van der Waals surface area (Å²) in [6, 6.07) is 4.95. The van der Waals surface area contributed by atoms with Crippen molar-refractivity contribution in [3.63, 3.8) is 0 Å². The highest BCUT2D eigenvalue weighted by molar-refractivity contribution is 7.80. The van der Waals surface area contributed by atoms with E-state index in [0.717, 1.165) is 6.42 Å². The normalized spacial score (nSPS) is 21.6. The Morgan fingerprint density at radius 3 is 2.81 bits per heavy atom. The lowest BCUT2D eigenvalue weighted by Crippen LogP contribution is -2.43. The second-order valence-electron chi connectivity index (χ2n) is 5.50. The van der Waals surface area contributed by atoms with Crippen LogP contribution in [0.15, 0.2) is 18.2 Å². The highest BCUT2D eigenvalue weighted by Gasteiger charge is 2.21. The first-order valence-corrected chi connectivity index (χ1v) is 7.49. The van der Waals surface area contributed by atoms with Gasteiger partial charge < -0.3 is 16.4 Å². The zero-order valence-corrected chi connectivity index (χ0v) is 12.8. The quantitative estimate of drug-likeness (QED) is 0.344. The van der Waals surface area contributed by atoms with Gasteiger partial charge in [0.25, 0.3) is 5.69 Å². The lowest BCUT2D eigenvalue weighted by Gasteiger charge is -2.30. The number of nitro benzene ring substituents is 1. The summed E-state index contributed by atoms with van der Waals surface area (Å²) in [7, 11) is 0. The molecule has 7 heteroatoms. The van der Waals surface area contributed by atoms with Crippen LogP contribution in [0.2, 0.25) is 0 Å². The maximum atomic E-state index is 10.9. The summed E-state index contributed by atoms with van der Waals surface area (Å²) in [5.41, 5.74) is 6.16. The number of thiocarbonyl (C=S) groups is 1. The van der Waals surface area contributed by atoms with E-state index in [1.165, 1.54) is 31.4 Å². The van der Waals surface area contributed by atoms with Crippen molar-refractivity contribution >= 4 is 34.4 Å². The second-order valence-corrected chi connectivity index (χ2v) is 5.91. The number of anilines is 2. The molecule has 21 heavy (non-hydrogen) atoms. The van der Waals surface area contributed by atoms with Crippen molar-refractivity contribution in [2.75, 3.05) is 11.1 Å². The molecule has 114 valence electrons. The van der Waals surface area contributed by atoms with Crippen LogP contribution in [0.1, 0.15) is 32.6 Å². The van der Waals surface area contributed by atoms with Crippen molar-refractivity contribution in [1.82, 2.24) is 5.32 Å². The first-order chi connectivity index (χ1) is 9.97. The molecule has 0 aromatic heterocycles. The minimum atomic E-state index is -0.500. The molecule has 1 aromatic rings. The fourth-order valence-electron chi connectivity index (χ4n) is 2.65. The first kappa shape index (κ1) is 15.5. The molecule has 0 bridgehead atoms. The maximum Gasteiger partial charge on any atom is 0.294 e. The molecule has 2 rings (SSSR count). The molecule has 2 atom stereocenters. The van der Waals surface area contributed by atoms with Gasteiger partial charge in [-0.25, -0.2) is 0 Å². The molecule has 1 fully saturated rings. The fraction of sp³-hybridized carbons (Fsp3) is 0.500. The van der Waals surface area contributed by atoms with Crippen LogP contribution >= 0.6 is 12.2 Å². The third-order valence-corrected chi connectivity index (χ3v) is 4.13. The van der Waals surface area contributed by atoms with Gasteiger partial charge in [-0.1, -0.05) is 19.8 Å². The highest BCUT2D eigenvalue weighted by Crippen LogP contribution is 2.26. The Hall–Kier alpha value is -1.89. The lowest BCUT2D eigenvalue weighted by atomic mass is 9.86. The van der Waals surface area contributed by atoms with Crippen LogP contribution < -0.4 is 16.4 Å². The van der Waals surface area contributed by atoms with Gasteiger partial charge in [0.2, 0.25) is 0 Å². The molecule has 6 nitrogen and oxygen atoms in total.